The van der Waals surface area contributed by atoms with Gasteiger partial charge in [0.2, 0.25) is 0 Å². The molecule has 0 radical (unpaired) electrons. The van der Waals surface area contributed by atoms with Gasteiger partial charge in [0.05, 0.1) is 23.2 Å². The van der Waals surface area contributed by atoms with E-state index < -0.39 is 15.8 Å². The van der Waals surface area contributed by atoms with Gasteiger partial charge < -0.3 is 10.1 Å². The number of carbonyl (C=O) groups is 2. The number of sulfone groups is 1. The second kappa shape index (κ2) is 8.41. The second-order valence-corrected chi connectivity index (χ2v) is 13.1. The van der Waals surface area contributed by atoms with E-state index in [9.17, 15) is 18.0 Å². The summed E-state index contributed by atoms with van der Waals surface area (Å²) in [5.41, 5.74) is 1.02. The van der Waals surface area contributed by atoms with Crippen molar-refractivity contribution in [1.29, 1.82) is 0 Å². The minimum absolute atomic E-state index is 0.0118. The fourth-order valence-corrected chi connectivity index (χ4v) is 8.93. The van der Waals surface area contributed by atoms with Crippen LogP contribution in [-0.2, 0) is 24.2 Å². The maximum Gasteiger partial charge on any atom is 0.331 e. The Balaban J connectivity index is 1.16. The highest BCUT2D eigenvalue weighted by Crippen LogP contribution is 2.55. The molecule has 8 nitrogen and oxygen atoms in total. The van der Waals surface area contributed by atoms with Gasteiger partial charge in [-0.3, -0.25) is 4.79 Å². The zero-order valence-corrected chi connectivity index (χ0v) is 20.3. The molecule has 1 aromatic rings. The average molecular weight is 496 g/mol. The van der Waals surface area contributed by atoms with E-state index in [4.69, 9.17) is 16.3 Å². The quantitative estimate of drug-likeness (QED) is 0.480. The summed E-state index contributed by atoms with van der Waals surface area (Å²) in [6.07, 6.45) is 10.2. The molecule has 10 heteroatoms. The van der Waals surface area contributed by atoms with Gasteiger partial charge in [-0.05, 0) is 75.7 Å². The van der Waals surface area contributed by atoms with Gasteiger partial charge in [0.15, 0.2) is 16.4 Å². The van der Waals surface area contributed by atoms with Crippen LogP contribution in [0.15, 0.2) is 6.08 Å². The number of nitrogens with one attached hydrogen (secondary N) is 1. The molecule has 1 N–H and O–H groups in total. The fourth-order valence-electron chi connectivity index (χ4n) is 6.86. The summed E-state index contributed by atoms with van der Waals surface area (Å²) < 4.78 is 30.2. The average Bonchev–Trinajstić information content (AvgIpc) is 3.21. The van der Waals surface area contributed by atoms with E-state index >= 15 is 0 Å². The van der Waals surface area contributed by atoms with Crippen molar-refractivity contribution in [2.45, 2.75) is 63.5 Å². The van der Waals surface area contributed by atoms with E-state index in [0.29, 0.717) is 22.8 Å². The molecule has 1 unspecified atom stereocenters. The summed E-state index contributed by atoms with van der Waals surface area (Å²) in [4.78, 5) is 24.7. The fraction of sp³-hybridized carbons (Fsp3) is 0.696. The van der Waals surface area contributed by atoms with Crippen molar-refractivity contribution < 1.29 is 22.7 Å². The third-order valence-electron chi connectivity index (χ3n) is 7.80. The zero-order valence-electron chi connectivity index (χ0n) is 18.8. The van der Waals surface area contributed by atoms with Gasteiger partial charge in [-0.1, -0.05) is 11.6 Å². The van der Waals surface area contributed by atoms with Crippen LogP contribution in [0, 0.1) is 24.7 Å². The SMILES string of the molecule is Cc1nn(C2CCS(=O)(=O)C2)c(Cl)c1/C=C/C(=O)OCC(=O)NC12CC3CC(CC(C3)C1)C2. The molecular weight excluding hydrogens is 466 g/mol. The topological polar surface area (TPSA) is 107 Å². The Morgan fingerprint density at radius 2 is 1.85 bits per heavy atom. The molecule has 1 atom stereocenters. The van der Waals surface area contributed by atoms with E-state index in [1.165, 1.54) is 36.1 Å². The summed E-state index contributed by atoms with van der Waals surface area (Å²) in [5.74, 6) is 1.42. The van der Waals surface area contributed by atoms with Crippen molar-refractivity contribution in [3.05, 3.63) is 22.5 Å². The number of ether oxygens (including phenoxy) is 1. The Hall–Kier alpha value is -1.87. The number of esters is 1. The highest BCUT2D eigenvalue weighted by atomic mass is 35.5. The lowest BCUT2D eigenvalue weighted by molar-refractivity contribution is -0.145. The Kier molecular flexibility index (Phi) is 5.84. The lowest BCUT2D eigenvalue weighted by atomic mass is 9.53. The molecule has 5 fully saturated rings. The molecule has 33 heavy (non-hydrogen) atoms. The van der Waals surface area contributed by atoms with Crippen molar-refractivity contribution in [2.75, 3.05) is 18.1 Å². The summed E-state index contributed by atoms with van der Waals surface area (Å²) in [5, 5.41) is 7.85. The molecule has 4 bridgehead atoms. The van der Waals surface area contributed by atoms with Crippen LogP contribution >= 0.6 is 11.6 Å². The largest absolute Gasteiger partial charge is 0.452 e. The molecule has 1 amide bonds. The first-order valence-corrected chi connectivity index (χ1v) is 13.9. The van der Waals surface area contributed by atoms with Crippen LogP contribution in [0.4, 0.5) is 0 Å². The van der Waals surface area contributed by atoms with Gasteiger partial charge >= 0.3 is 5.97 Å². The lowest BCUT2D eigenvalue weighted by Crippen LogP contribution is -2.60. The first-order chi connectivity index (χ1) is 15.6. The van der Waals surface area contributed by atoms with Crippen molar-refractivity contribution >= 4 is 39.4 Å². The Bertz CT molecular complexity index is 1070. The smallest absolute Gasteiger partial charge is 0.331 e. The molecule has 0 spiro atoms. The van der Waals surface area contributed by atoms with Gasteiger partial charge in [0, 0.05) is 17.2 Å². The summed E-state index contributed by atoms with van der Waals surface area (Å²) in [6.45, 7) is 1.44. The molecule has 0 aromatic carbocycles. The third-order valence-corrected chi connectivity index (χ3v) is 9.93. The summed E-state index contributed by atoms with van der Waals surface area (Å²) >= 11 is 6.42. The van der Waals surface area contributed by atoms with Crippen molar-refractivity contribution in [2.24, 2.45) is 17.8 Å². The first-order valence-electron chi connectivity index (χ1n) is 11.7. The van der Waals surface area contributed by atoms with E-state index in [0.717, 1.165) is 37.0 Å². The highest BCUT2D eigenvalue weighted by molar-refractivity contribution is 7.91. The number of amides is 1. The molecule has 6 rings (SSSR count). The molecule has 1 saturated heterocycles. The van der Waals surface area contributed by atoms with Crippen LogP contribution in [0.1, 0.15) is 62.2 Å². The van der Waals surface area contributed by atoms with Crippen molar-refractivity contribution in [3.8, 4) is 0 Å². The van der Waals surface area contributed by atoms with Crippen LogP contribution in [0.5, 0.6) is 0 Å². The van der Waals surface area contributed by atoms with Crippen molar-refractivity contribution in [3.63, 3.8) is 0 Å². The van der Waals surface area contributed by atoms with E-state index in [1.54, 1.807) is 6.92 Å². The molecule has 2 heterocycles. The Morgan fingerprint density at radius 3 is 2.42 bits per heavy atom. The van der Waals surface area contributed by atoms with Gasteiger partial charge in [-0.15, -0.1) is 0 Å². The predicted octanol–water partition coefficient (Wildman–Crippen LogP) is 2.85. The van der Waals surface area contributed by atoms with E-state index in [2.05, 4.69) is 10.4 Å². The minimum atomic E-state index is -3.07. The van der Waals surface area contributed by atoms with Crippen LogP contribution in [0.3, 0.4) is 0 Å². The zero-order chi connectivity index (χ0) is 23.4. The number of aromatic nitrogens is 2. The van der Waals surface area contributed by atoms with E-state index in [1.807, 2.05) is 0 Å². The number of hydrogen-bond acceptors (Lipinski definition) is 6. The molecule has 4 aliphatic carbocycles. The number of aryl methyl sites for hydroxylation is 1. The van der Waals surface area contributed by atoms with Crippen LogP contribution in [0.25, 0.3) is 6.08 Å². The number of halogens is 1. The van der Waals surface area contributed by atoms with Crippen LogP contribution in [-0.4, -0.2) is 53.7 Å². The second-order valence-electron chi connectivity index (χ2n) is 10.5. The standard InChI is InChI=1S/C23H30ClN3O5S/c1-14-19(22(24)27(26-14)18-4-5-33(30,31)13-18)2-3-21(29)32-12-20(28)25-23-9-15-6-16(10-23)8-17(7-15)11-23/h2-3,15-18H,4-13H2,1H3,(H,25,28)/b3-2+. The highest BCUT2D eigenvalue weighted by Gasteiger charge is 2.51. The van der Waals surface area contributed by atoms with Gasteiger partial charge in [-0.2, -0.15) is 5.10 Å². The number of hydrogen-bond donors (Lipinski definition) is 1. The summed E-state index contributed by atoms with van der Waals surface area (Å²) in [7, 11) is -3.07. The number of nitrogens with zero attached hydrogens (tertiary/aromatic N) is 2. The third kappa shape index (κ3) is 4.71. The number of rotatable bonds is 6. The monoisotopic (exact) mass is 495 g/mol. The molecule has 5 aliphatic rings. The van der Waals surface area contributed by atoms with Gasteiger partial charge in [0.25, 0.3) is 5.91 Å². The predicted molar refractivity (Wildman–Crippen MR) is 123 cm³/mol. The Labute approximate surface area is 199 Å². The maximum absolute atomic E-state index is 12.5. The van der Waals surface area contributed by atoms with Gasteiger partial charge in [-0.25, -0.2) is 17.9 Å². The molecule has 1 aliphatic heterocycles. The lowest BCUT2D eigenvalue weighted by Gasteiger charge is -2.56. The van der Waals surface area contributed by atoms with Crippen molar-refractivity contribution in [1.82, 2.24) is 15.1 Å². The number of carbonyl (C=O) groups excluding carboxylic acids is 2. The first kappa shape index (κ1) is 22.9. The molecule has 4 saturated carbocycles. The molecule has 180 valence electrons. The van der Waals surface area contributed by atoms with Gasteiger partial charge in [0.1, 0.15) is 5.15 Å². The van der Waals surface area contributed by atoms with E-state index in [-0.39, 0.29) is 35.6 Å². The molecule has 1 aromatic heterocycles. The Morgan fingerprint density at radius 1 is 1.21 bits per heavy atom. The van der Waals surface area contributed by atoms with Crippen LogP contribution in [0.2, 0.25) is 5.15 Å². The van der Waals surface area contributed by atoms with Crippen LogP contribution < -0.4 is 5.32 Å². The molecular formula is C23H30ClN3O5S. The summed E-state index contributed by atoms with van der Waals surface area (Å²) in [6, 6.07) is -0.302. The normalized spacial score (nSPS) is 34.1. The maximum atomic E-state index is 12.5. The minimum Gasteiger partial charge on any atom is -0.452 e.